The molecule has 0 heterocycles. The second kappa shape index (κ2) is 7.50. The molecule has 0 unspecified atom stereocenters. The van der Waals surface area contributed by atoms with Gasteiger partial charge in [0.25, 0.3) is 0 Å². The smallest absolute Gasteiger partial charge is 0.226 e. The van der Waals surface area contributed by atoms with Gasteiger partial charge in [0.05, 0.1) is 7.11 Å². The van der Waals surface area contributed by atoms with E-state index in [1.54, 1.807) is 7.11 Å². The maximum Gasteiger partial charge on any atom is 0.226 e. The van der Waals surface area contributed by atoms with Crippen molar-refractivity contribution < 1.29 is 9.53 Å². The number of hydrogen-bond donors (Lipinski definition) is 2. The molecule has 0 fully saturated rings. The number of amides is 1. The third kappa shape index (κ3) is 4.25. The molecule has 4 nitrogen and oxygen atoms in total. The van der Waals surface area contributed by atoms with Crippen molar-refractivity contribution in [3.05, 3.63) is 53.6 Å². The highest BCUT2D eigenvalue weighted by atomic mass is 16.5. The van der Waals surface area contributed by atoms with E-state index in [0.717, 1.165) is 17.1 Å². The molecule has 0 spiro atoms. The van der Waals surface area contributed by atoms with E-state index < -0.39 is 0 Å². The molecule has 22 heavy (non-hydrogen) atoms. The molecule has 0 aliphatic rings. The summed E-state index contributed by atoms with van der Waals surface area (Å²) < 4.78 is 5.09. The summed E-state index contributed by atoms with van der Waals surface area (Å²) >= 11 is 0. The van der Waals surface area contributed by atoms with Crippen LogP contribution in [0.25, 0.3) is 0 Å². The van der Waals surface area contributed by atoms with E-state index in [1.807, 2.05) is 30.3 Å². The van der Waals surface area contributed by atoms with Crippen LogP contribution < -0.4 is 15.4 Å². The molecule has 0 aromatic heterocycles. The first-order valence-electron chi connectivity index (χ1n) is 7.34. The minimum absolute atomic E-state index is 0.0103. The summed E-state index contributed by atoms with van der Waals surface area (Å²) in [5.41, 5.74) is 4.27. The number of anilines is 2. The Hall–Kier alpha value is -2.49. The molecule has 4 heteroatoms. The van der Waals surface area contributed by atoms with Crippen molar-refractivity contribution in [1.29, 1.82) is 0 Å². The summed E-state index contributed by atoms with van der Waals surface area (Å²) in [6.07, 6.45) is 0.416. The molecule has 0 radical (unpaired) electrons. The first-order valence-corrected chi connectivity index (χ1v) is 7.34. The van der Waals surface area contributed by atoms with Gasteiger partial charge in [-0.25, -0.2) is 0 Å². The fraction of sp³-hybridized carbons (Fsp3) is 0.278. The third-order valence-corrected chi connectivity index (χ3v) is 3.51. The number of rotatable bonds is 6. The Labute approximate surface area is 131 Å². The Morgan fingerprint density at radius 3 is 2.27 bits per heavy atom. The zero-order valence-corrected chi connectivity index (χ0v) is 13.3. The fourth-order valence-corrected chi connectivity index (χ4v) is 2.29. The highest BCUT2D eigenvalue weighted by molar-refractivity contribution is 5.91. The van der Waals surface area contributed by atoms with Crippen LogP contribution in [0.5, 0.6) is 5.75 Å². The molecule has 0 saturated heterocycles. The van der Waals surface area contributed by atoms with Crippen molar-refractivity contribution in [2.75, 3.05) is 24.3 Å². The van der Waals surface area contributed by atoms with Gasteiger partial charge in [-0.1, -0.05) is 18.2 Å². The van der Waals surface area contributed by atoms with Crippen LogP contribution in [-0.2, 0) is 4.79 Å². The lowest BCUT2D eigenvalue weighted by molar-refractivity contribution is -0.115. The van der Waals surface area contributed by atoms with Crippen LogP contribution in [0.15, 0.2) is 42.5 Å². The minimum Gasteiger partial charge on any atom is -0.497 e. The SMILES string of the molecule is COc1ccc(NC(=O)CCNc2c(C)cccc2C)cc1. The topological polar surface area (TPSA) is 50.4 Å². The van der Waals surface area contributed by atoms with E-state index in [9.17, 15) is 4.79 Å². The predicted molar refractivity (Wildman–Crippen MR) is 90.6 cm³/mol. The molecule has 2 aromatic carbocycles. The highest BCUT2D eigenvalue weighted by Crippen LogP contribution is 2.19. The monoisotopic (exact) mass is 298 g/mol. The number of ether oxygens (including phenoxy) is 1. The Bertz CT molecular complexity index is 616. The molecule has 0 bridgehead atoms. The number of methoxy groups -OCH3 is 1. The molecular weight excluding hydrogens is 276 g/mol. The molecule has 0 aliphatic carbocycles. The zero-order chi connectivity index (χ0) is 15.9. The maximum absolute atomic E-state index is 11.9. The largest absolute Gasteiger partial charge is 0.497 e. The van der Waals surface area contributed by atoms with Gasteiger partial charge in [-0.05, 0) is 49.2 Å². The molecule has 2 aromatic rings. The minimum atomic E-state index is -0.0103. The molecule has 0 aliphatic heterocycles. The predicted octanol–water partition coefficient (Wildman–Crippen LogP) is 3.75. The number of hydrogen-bond acceptors (Lipinski definition) is 3. The van der Waals surface area contributed by atoms with Crippen molar-refractivity contribution in [3.8, 4) is 5.75 Å². The molecular formula is C18H22N2O2. The second-order valence-electron chi connectivity index (χ2n) is 5.22. The molecule has 2 N–H and O–H groups in total. The Balaban J connectivity index is 1.82. The van der Waals surface area contributed by atoms with Gasteiger partial charge >= 0.3 is 0 Å². The van der Waals surface area contributed by atoms with Crippen LogP contribution in [0.2, 0.25) is 0 Å². The summed E-state index contributed by atoms with van der Waals surface area (Å²) in [5, 5.41) is 6.21. The maximum atomic E-state index is 11.9. The van der Waals surface area contributed by atoms with Crippen molar-refractivity contribution in [2.45, 2.75) is 20.3 Å². The number of benzene rings is 2. The lowest BCUT2D eigenvalue weighted by Gasteiger charge is -2.12. The first kappa shape index (κ1) is 15.9. The number of carbonyl (C=O) groups is 1. The third-order valence-electron chi connectivity index (χ3n) is 3.51. The van der Waals surface area contributed by atoms with E-state index in [4.69, 9.17) is 4.74 Å². The average Bonchev–Trinajstić information content (AvgIpc) is 2.51. The summed E-state index contributed by atoms with van der Waals surface area (Å²) in [6, 6.07) is 13.5. The number of carbonyl (C=O) groups excluding carboxylic acids is 1. The van der Waals surface area contributed by atoms with Crippen LogP contribution in [-0.4, -0.2) is 19.6 Å². The van der Waals surface area contributed by atoms with Gasteiger partial charge in [0.15, 0.2) is 0 Å². The molecule has 0 atom stereocenters. The van der Waals surface area contributed by atoms with Gasteiger partial charge in [0.1, 0.15) is 5.75 Å². The lowest BCUT2D eigenvalue weighted by Crippen LogP contribution is -2.16. The lowest BCUT2D eigenvalue weighted by atomic mass is 10.1. The number of nitrogens with one attached hydrogen (secondary N) is 2. The standard InChI is InChI=1S/C18H22N2O2/c1-13-5-4-6-14(2)18(13)19-12-11-17(21)20-15-7-9-16(22-3)10-8-15/h4-10,19H,11-12H2,1-3H3,(H,20,21). The van der Waals surface area contributed by atoms with Crippen molar-refractivity contribution >= 4 is 17.3 Å². The van der Waals surface area contributed by atoms with Crippen molar-refractivity contribution in [1.82, 2.24) is 0 Å². The van der Waals surface area contributed by atoms with E-state index >= 15 is 0 Å². The van der Waals surface area contributed by atoms with E-state index in [-0.39, 0.29) is 5.91 Å². The van der Waals surface area contributed by atoms with Crippen LogP contribution in [0.4, 0.5) is 11.4 Å². The van der Waals surface area contributed by atoms with Gasteiger partial charge in [0.2, 0.25) is 5.91 Å². The quantitative estimate of drug-likeness (QED) is 0.854. The summed E-state index contributed by atoms with van der Waals surface area (Å²) in [5.74, 6) is 0.763. The Morgan fingerprint density at radius 2 is 1.68 bits per heavy atom. The van der Waals surface area contributed by atoms with E-state index in [2.05, 4.69) is 36.6 Å². The van der Waals surface area contributed by atoms with Crippen LogP contribution >= 0.6 is 0 Å². The molecule has 1 amide bonds. The van der Waals surface area contributed by atoms with Gasteiger partial charge in [-0.15, -0.1) is 0 Å². The molecule has 2 rings (SSSR count). The van der Waals surface area contributed by atoms with Gasteiger partial charge in [0, 0.05) is 24.3 Å². The zero-order valence-electron chi connectivity index (χ0n) is 13.3. The van der Waals surface area contributed by atoms with Gasteiger partial charge in [-0.3, -0.25) is 4.79 Å². The van der Waals surface area contributed by atoms with Crippen molar-refractivity contribution in [3.63, 3.8) is 0 Å². The van der Waals surface area contributed by atoms with Crippen LogP contribution in [0, 0.1) is 13.8 Å². The van der Waals surface area contributed by atoms with Crippen LogP contribution in [0.3, 0.4) is 0 Å². The van der Waals surface area contributed by atoms with Gasteiger partial charge < -0.3 is 15.4 Å². The summed E-state index contributed by atoms with van der Waals surface area (Å²) in [7, 11) is 1.62. The molecule has 116 valence electrons. The summed E-state index contributed by atoms with van der Waals surface area (Å²) in [4.78, 5) is 11.9. The average molecular weight is 298 g/mol. The van der Waals surface area contributed by atoms with Crippen LogP contribution in [0.1, 0.15) is 17.5 Å². The van der Waals surface area contributed by atoms with E-state index in [0.29, 0.717) is 13.0 Å². The van der Waals surface area contributed by atoms with Crippen molar-refractivity contribution in [2.24, 2.45) is 0 Å². The number of aryl methyl sites for hydroxylation is 2. The Morgan fingerprint density at radius 1 is 1.05 bits per heavy atom. The van der Waals surface area contributed by atoms with Gasteiger partial charge in [-0.2, -0.15) is 0 Å². The van der Waals surface area contributed by atoms with E-state index in [1.165, 1.54) is 11.1 Å². The Kier molecular flexibility index (Phi) is 5.42. The normalized spacial score (nSPS) is 10.1. The second-order valence-corrected chi connectivity index (χ2v) is 5.22. The fourth-order valence-electron chi connectivity index (χ4n) is 2.29. The first-order chi connectivity index (χ1) is 10.6. The summed E-state index contributed by atoms with van der Waals surface area (Å²) in [6.45, 7) is 4.73. The highest BCUT2D eigenvalue weighted by Gasteiger charge is 2.05. The molecule has 0 saturated carbocycles. The number of para-hydroxylation sites is 1.